The van der Waals surface area contributed by atoms with Gasteiger partial charge in [-0.25, -0.2) is 4.39 Å². The first-order valence-electron chi connectivity index (χ1n) is 6.35. The maximum Gasteiger partial charge on any atom is 0.128 e. The highest BCUT2D eigenvalue weighted by Gasteiger charge is 2.04. The normalized spacial score (nSPS) is 10.8. The third-order valence-corrected chi connectivity index (χ3v) is 2.83. The van der Waals surface area contributed by atoms with Crippen LogP contribution in [0.1, 0.15) is 19.4 Å². The Kier molecular flexibility index (Phi) is 4.17. The maximum absolute atomic E-state index is 13.7. The van der Waals surface area contributed by atoms with Crippen LogP contribution < -0.4 is 10.5 Å². The average molecular weight is 259 g/mol. The van der Waals surface area contributed by atoms with Crippen LogP contribution in [-0.4, -0.2) is 6.10 Å². The van der Waals surface area contributed by atoms with Crippen molar-refractivity contribution in [1.29, 1.82) is 0 Å². The number of rotatable bonds is 4. The summed E-state index contributed by atoms with van der Waals surface area (Å²) in [5.74, 6) is 0.556. The number of benzene rings is 2. The van der Waals surface area contributed by atoms with Crippen molar-refractivity contribution in [2.24, 2.45) is 5.73 Å². The number of hydrogen-bond donors (Lipinski definition) is 1. The molecule has 0 saturated carbocycles. The smallest absolute Gasteiger partial charge is 0.128 e. The van der Waals surface area contributed by atoms with Crippen molar-refractivity contribution in [1.82, 2.24) is 0 Å². The van der Waals surface area contributed by atoms with Gasteiger partial charge in [-0.15, -0.1) is 0 Å². The van der Waals surface area contributed by atoms with Crippen LogP contribution in [0.4, 0.5) is 4.39 Å². The summed E-state index contributed by atoms with van der Waals surface area (Å²) in [4.78, 5) is 0. The summed E-state index contributed by atoms with van der Waals surface area (Å²) in [5, 5.41) is 0. The molecule has 0 radical (unpaired) electrons. The third kappa shape index (κ3) is 3.32. The topological polar surface area (TPSA) is 35.2 Å². The van der Waals surface area contributed by atoms with E-state index >= 15 is 0 Å². The van der Waals surface area contributed by atoms with Crippen molar-refractivity contribution in [2.75, 3.05) is 0 Å². The van der Waals surface area contributed by atoms with Crippen LogP contribution in [0.25, 0.3) is 11.1 Å². The second kappa shape index (κ2) is 5.85. The van der Waals surface area contributed by atoms with E-state index in [1.54, 1.807) is 6.07 Å². The second-order valence-electron chi connectivity index (χ2n) is 4.70. The van der Waals surface area contributed by atoms with E-state index < -0.39 is 0 Å². The Morgan fingerprint density at radius 3 is 2.21 bits per heavy atom. The fraction of sp³-hybridized carbons (Fsp3) is 0.250. The molecule has 2 aromatic rings. The lowest BCUT2D eigenvalue weighted by Crippen LogP contribution is -2.05. The van der Waals surface area contributed by atoms with E-state index in [2.05, 4.69) is 0 Å². The van der Waals surface area contributed by atoms with E-state index in [-0.39, 0.29) is 18.5 Å². The van der Waals surface area contributed by atoms with Gasteiger partial charge in [0.2, 0.25) is 0 Å². The summed E-state index contributed by atoms with van der Waals surface area (Å²) < 4.78 is 19.3. The van der Waals surface area contributed by atoms with E-state index in [1.165, 1.54) is 6.07 Å². The van der Waals surface area contributed by atoms with Gasteiger partial charge < -0.3 is 10.5 Å². The molecule has 0 aromatic heterocycles. The lowest BCUT2D eigenvalue weighted by molar-refractivity contribution is 0.242. The lowest BCUT2D eigenvalue weighted by atomic mass is 10.0. The van der Waals surface area contributed by atoms with Gasteiger partial charge in [0.1, 0.15) is 11.6 Å². The molecule has 0 aliphatic rings. The molecule has 2 rings (SSSR count). The summed E-state index contributed by atoms with van der Waals surface area (Å²) >= 11 is 0. The second-order valence-corrected chi connectivity index (χ2v) is 4.70. The third-order valence-electron chi connectivity index (χ3n) is 2.83. The molecule has 2 N–H and O–H groups in total. The molecule has 2 aromatic carbocycles. The molecule has 2 nitrogen and oxygen atoms in total. The van der Waals surface area contributed by atoms with Gasteiger partial charge in [-0.1, -0.05) is 24.3 Å². The van der Waals surface area contributed by atoms with E-state index in [9.17, 15) is 4.39 Å². The van der Waals surface area contributed by atoms with Crippen LogP contribution in [0, 0.1) is 5.82 Å². The Labute approximate surface area is 113 Å². The molecule has 0 spiro atoms. The number of halogens is 1. The molecule has 0 aliphatic carbocycles. The molecule has 0 bridgehead atoms. The predicted molar refractivity (Wildman–Crippen MR) is 75.5 cm³/mol. The van der Waals surface area contributed by atoms with Crippen LogP contribution >= 0.6 is 0 Å². The Morgan fingerprint density at radius 1 is 1.05 bits per heavy atom. The minimum absolute atomic E-state index is 0.145. The largest absolute Gasteiger partial charge is 0.491 e. The average Bonchev–Trinajstić information content (AvgIpc) is 2.39. The number of nitrogens with two attached hydrogens (primary N) is 1. The quantitative estimate of drug-likeness (QED) is 0.907. The molecule has 0 heterocycles. The molecule has 0 fully saturated rings. The lowest BCUT2D eigenvalue weighted by Gasteiger charge is -2.10. The van der Waals surface area contributed by atoms with Crippen LogP contribution in [0.2, 0.25) is 0 Å². The van der Waals surface area contributed by atoms with Crippen molar-refractivity contribution < 1.29 is 9.13 Å². The summed E-state index contributed by atoms with van der Waals surface area (Å²) in [6, 6.07) is 12.8. The molecule has 0 amide bonds. The molecule has 0 aliphatic heterocycles. The predicted octanol–water partition coefficient (Wildman–Crippen LogP) is 3.74. The van der Waals surface area contributed by atoms with Gasteiger partial charge >= 0.3 is 0 Å². The first-order chi connectivity index (χ1) is 9.10. The van der Waals surface area contributed by atoms with Crippen LogP contribution in [0.5, 0.6) is 5.75 Å². The van der Waals surface area contributed by atoms with Crippen LogP contribution in [-0.2, 0) is 6.54 Å². The molecule has 100 valence electrons. The molecule has 19 heavy (non-hydrogen) atoms. The van der Waals surface area contributed by atoms with E-state index in [4.69, 9.17) is 10.5 Å². The zero-order valence-electron chi connectivity index (χ0n) is 11.2. The minimum Gasteiger partial charge on any atom is -0.491 e. The fourth-order valence-electron chi connectivity index (χ4n) is 1.89. The molecular formula is C16H18FNO. The molecule has 0 saturated heterocycles. The highest BCUT2D eigenvalue weighted by Crippen LogP contribution is 2.24. The highest BCUT2D eigenvalue weighted by molar-refractivity contribution is 5.64. The van der Waals surface area contributed by atoms with Gasteiger partial charge in [0.05, 0.1) is 6.10 Å². The summed E-state index contributed by atoms with van der Waals surface area (Å²) in [5.41, 5.74) is 7.78. The standard InChI is InChI=1S/C16H18FNO/c1-11(2)19-15-7-5-12(6-8-15)13-3-4-14(10-18)16(17)9-13/h3-9,11H,10,18H2,1-2H3. The number of hydrogen-bond acceptors (Lipinski definition) is 2. The van der Waals surface area contributed by atoms with E-state index in [0.29, 0.717) is 5.56 Å². The van der Waals surface area contributed by atoms with Gasteiger partial charge in [0.25, 0.3) is 0 Å². The minimum atomic E-state index is -0.262. The maximum atomic E-state index is 13.7. The highest BCUT2D eigenvalue weighted by atomic mass is 19.1. The van der Waals surface area contributed by atoms with Gasteiger partial charge in [-0.05, 0) is 43.2 Å². The van der Waals surface area contributed by atoms with Crippen molar-refractivity contribution in [2.45, 2.75) is 26.5 Å². The first-order valence-corrected chi connectivity index (χ1v) is 6.35. The Bertz CT molecular complexity index is 549. The van der Waals surface area contributed by atoms with Crippen LogP contribution in [0.15, 0.2) is 42.5 Å². The first kappa shape index (κ1) is 13.6. The monoisotopic (exact) mass is 259 g/mol. The van der Waals surface area contributed by atoms with Gasteiger partial charge in [-0.3, -0.25) is 0 Å². The van der Waals surface area contributed by atoms with E-state index in [1.807, 2.05) is 44.2 Å². The van der Waals surface area contributed by atoms with Gasteiger partial charge in [-0.2, -0.15) is 0 Å². The SMILES string of the molecule is CC(C)Oc1ccc(-c2ccc(CN)c(F)c2)cc1. The summed E-state index contributed by atoms with van der Waals surface area (Å²) in [6.07, 6.45) is 0.145. The van der Waals surface area contributed by atoms with Crippen molar-refractivity contribution in [3.8, 4) is 16.9 Å². The zero-order valence-corrected chi connectivity index (χ0v) is 11.2. The Hall–Kier alpha value is -1.87. The fourth-order valence-corrected chi connectivity index (χ4v) is 1.89. The zero-order chi connectivity index (χ0) is 13.8. The molecule has 0 unspecified atom stereocenters. The molecule has 0 atom stereocenters. The van der Waals surface area contributed by atoms with Crippen LogP contribution in [0.3, 0.4) is 0 Å². The number of ether oxygens (including phenoxy) is 1. The Morgan fingerprint density at radius 2 is 1.68 bits per heavy atom. The van der Waals surface area contributed by atoms with E-state index in [0.717, 1.165) is 16.9 Å². The van der Waals surface area contributed by atoms with Crippen molar-refractivity contribution in [3.05, 3.63) is 53.8 Å². The van der Waals surface area contributed by atoms with Gasteiger partial charge in [0.15, 0.2) is 0 Å². The van der Waals surface area contributed by atoms with Gasteiger partial charge in [0, 0.05) is 12.1 Å². The molecule has 3 heteroatoms. The summed E-state index contributed by atoms with van der Waals surface area (Å²) in [7, 11) is 0. The van der Waals surface area contributed by atoms with Crippen molar-refractivity contribution in [3.63, 3.8) is 0 Å². The summed E-state index contributed by atoms with van der Waals surface area (Å²) in [6.45, 7) is 4.18. The Balaban J connectivity index is 2.24. The molecular weight excluding hydrogens is 241 g/mol. The van der Waals surface area contributed by atoms with Crippen molar-refractivity contribution >= 4 is 0 Å².